The number of hydrogen-bond donors (Lipinski definition) is 1. The van der Waals surface area contributed by atoms with Crippen molar-refractivity contribution in [2.45, 2.75) is 38.1 Å². The van der Waals surface area contributed by atoms with Crippen molar-refractivity contribution in [3.63, 3.8) is 0 Å². The third-order valence-corrected chi connectivity index (χ3v) is 8.13. The largest absolute Gasteiger partial charge is 0.481 e. The van der Waals surface area contributed by atoms with E-state index in [1.54, 1.807) is 23.1 Å². The van der Waals surface area contributed by atoms with Gasteiger partial charge in [0.25, 0.3) is 0 Å². The van der Waals surface area contributed by atoms with Gasteiger partial charge in [0.1, 0.15) is 16.9 Å². The highest BCUT2D eigenvalue weighted by Crippen LogP contribution is 2.39. The first-order valence-corrected chi connectivity index (χ1v) is 13.0. The molecular formula is C26H24N4O2S2. The molecule has 5 rings (SSSR count). The fourth-order valence-corrected chi connectivity index (χ4v) is 5.92. The number of hydrogen-bond acceptors (Lipinski definition) is 6. The Balaban J connectivity index is 1.65. The zero-order valence-corrected chi connectivity index (χ0v) is 21.0. The van der Waals surface area contributed by atoms with Crippen molar-refractivity contribution in [1.82, 2.24) is 14.8 Å². The number of aryl methyl sites for hydroxylation is 2. The molecule has 1 aliphatic heterocycles. The maximum absolute atomic E-state index is 11.7. The van der Waals surface area contributed by atoms with Crippen LogP contribution < -0.4 is 0 Å². The SMILES string of the molecule is CSc1ccc(-c2ccc(C3=N[C@@H](CC(=O)O)c4nnc(C)n4-c4sc(C)c(C)c43)cc2)cc1. The molecule has 0 unspecified atom stereocenters. The van der Waals surface area contributed by atoms with Crippen LogP contribution in [-0.2, 0) is 4.79 Å². The Morgan fingerprint density at radius 3 is 2.24 bits per heavy atom. The Kier molecular flexibility index (Phi) is 5.87. The van der Waals surface area contributed by atoms with Gasteiger partial charge in [0.15, 0.2) is 5.82 Å². The molecule has 0 fully saturated rings. The fraction of sp³-hybridized carbons (Fsp3) is 0.231. The molecule has 34 heavy (non-hydrogen) atoms. The number of rotatable bonds is 5. The van der Waals surface area contributed by atoms with Crippen molar-refractivity contribution in [1.29, 1.82) is 0 Å². The summed E-state index contributed by atoms with van der Waals surface area (Å²) >= 11 is 3.39. The zero-order chi connectivity index (χ0) is 24.0. The lowest BCUT2D eigenvalue weighted by molar-refractivity contribution is -0.137. The minimum Gasteiger partial charge on any atom is -0.481 e. The van der Waals surface area contributed by atoms with E-state index in [4.69, 9.17) is 4.99 Å². The summed E-state index contributed by atoms with van der Waals surface area (Å²) in [5.74, 6) is 0.388. The van der Waals surface area contributed by atoms with Gasteiger partial charge < -0.3 is 5.11 Å². The average molecular weight is 489 g/mol. The molecule has 0 amide bonds. The summed E-state index contributed by atoms with van der Waals surface area (Å²) < 4.78 is 1.98. The molecule has 0 bridgehead atoms. The summed E-state index contributed by atoms with van der Waals surface area (Å²) in [6, 6.07) is 16.2. The molecule has 6 nitrogen and oxygen atoms in total. The molecule has 0 saturated heterocycles. The Hall–Kier alpha value is -3.23. The molecule has 2 aromatic heterocycles. The Morgan fingerprint density at radius 1 is 1.00 bits per heavy atom. The second-order valence-corrected chi connectivity index (χ2v) is 10.4. The Bertz CT molecular complexity index is 1420. The standard InChI is InChI=1S/C26H24N4O2S2/c1-14-15(2)34-26-23(14)24(27-21(13-22(31)32)25-29-28-16(3)30(25)26)19-7-5-17(6-8-19)18-9-11-20(33-4)12-10-18/h5-12,21H,13H2,1-4H3,(H,31,32)/t21-/m0/s1. The summed E-state index contributed by atoms with van der Waals surface area (Å²) in [6.45, 7) is 6.09. The number of aromatic nitrogens is 3. The van der Waals surface area contributed by atoms with Gasteiger partial charge in [-0.2, -0.15) is 0 Å². The van der Waals surface area contributed by atoms with Crippen molar-refractivity contribution >= 4 is 34.8 Å². The van der Waals surface area contributed by atoms with Gasteiger partial charge in [0.05, 0.1) is 12.1 Å². The lowest BCUT2D eigenvalue weighted by Gasteiger charge is -2.11. The van der Waals surface area contributed by atoms with Crippen molar-refractivity contribution in [2.75, 3.05) is 6.26 Å². The van der Waals surface area contributed by atoms with Crippen LogP contribution in [0.15, 0.2) is 58.4 Å². The molecule has 8 heteroatoms. The van der Waals surface area contributed by atoms with Crippen LogP contribution in [0.3, 0.4) is 0 Å². The van der Waals surface area contributed by atoms with Crippen molar-refractivity contribution < 1.29 is 9.90 Å². The van der Waals surface area contributed by atoms with Crippen LogP contribution in [0.4, 0.5) is 0 Å². The number of benzene rings is 2. The van der Waals surface area contributed by atoms with E-state index in [1.165, 1.54) is 9.77 Å². The van der Waals surface area contributed by atoms with Gasteiger partial charge in [-0.25, -0.2) is 0 Å². The highest BCUT2D eigenvalue weighted by Gasteiger charge is 2.32. The van der Waals surface area contributed by atoms with E-state index in [0.29, 0.717) is 5.82 Å². The first-order chi connectivity index (χ1) is 16.4. The zero-order valence-electron chi connectivity index (χ0n) is 19.4. The van der Waals surface area contributed by atoms with Gasteiger partial charge in [0, 0.05) is 20.9 Å². The van der Waals surface area contributed by atoms with E-state index in [9.17, 15) is 9.90 Å². The number of fused-ring (bicyclic) bond motifs is 3. The van der Waals surface area contributed by atoms with Crippen LogP contribution in [0.5, 0.6) is 0 Å². The summed E-state index contributed by atoms with van der Waals surface area (Å²) in [6.07, 6.45) is 1.93. The molecule has 3 heterocycles. The lowest BCUT2D eigenvalue weighted by Crippen LogP contribution is -2.10. The van der Waals surface area contributed by atoms with Crippen LogP contribution in [0, 0.1) is 20.8 Å². The van der Waals surface area contributed by atoms with E-state index in [0.717, 1.165) is 44.4 Å². The van der Waals surface area contributed by atoms with E-state index in [-0.39, 0.29) is 6.42 Å². The number of carboxylic acids is 1. The van der Waals surface area contributed by atoms with Crippen LogP contribution in [0.2, 0.25) is 0 Å². The molecule has 0 saturated carbocycles. The molecule has 1 atom stereocenters. The quantitative estimate of drug-likeness (QED) is 0.348. The summed E-state index contributed by atoms with van der Waals surface area (Å²) in [5.41, 5.74) is 6.21. The number of nitrogens with zero attached hydrogens (tertiary/aromatic N) is 4. The summed E-state index contributed by atoms with van der Waals surface area (Å²) in [7, 11) is 0. The molecular weight excluding hydrogens is 464 g/mol. The molecule has 1 aliphatic rings. The summed E-state index contributed by atoms with van der Waals surface area (Å²) in [4.78, 5) is 19.1. The van der Waals surface area contributed by atoms with E-state index >= 15 is 0 Å². The number of carboxylic acid groups (broad SMARTS) is 1. The van der Waals surface area contributed by atoms with Crippen LogP contribution in [0.25, 0.3) is 16.1 Å². The second-order valence-electron chi connectivity index (χ2n) is 8.30. The van der Waals surface area contributed by atoms with E-state index < -0.39 is 12.0 Å². The molecule has 0 radical (unpaired) electrons. The van der Waals surface area contributed by atoms with Crippen molar-refractivity contribution in [3.05, 3.63) is 81.7 Å². The second kappa shape index (κ2) is 8.85. The third kappa shape index (κ3) is 3.86. The lowest BCUT2D eigenvalue weighted by atomic mass is 9.97. The molecule has 0 spiro atoms. The van der Waals surface area contributed by atoms with E-state index in [1.807, 2.05) is 11.5 Å². The monoisotopic (exact) mass is 488 g/mol. The predicted octanol–water partition coefficient (Wildman–Crippen LogP) is 6.01. The topological polar surface area (TPSA) is 80.4 Å². The van der Waals surface area contributed by atoms with Gasteiger partial charge in [-0.05, 0) is 55.9 Å². The van der Waals surface area contributed by atoms with E-state index in [2.05, 4.69) is 78.8 Å². The van der Waals surface area contributed by atoms with Crippen LogP contribution in [0.1, 0.15) is 45.7 Å². The van der Waals surface area contributed by atoms with Gasteiger partial charge in [-0.3, -0.25) is 14.4 Å². The minimum atomic E-state index is -0.914. The first kappa shape index (κ1) is 22.6. The first-order valence-electron chi connectivity index (χ1n) is 10.9. The summed E-state index contributed by atoms with van der Waals surface area (Å²) in [5, 5.41) is 19.2. The molecule has 2 aromatic carbocycles. The fourth-order valence-electron chi connectivity index (χ4n) is 4.29. The van der Waals surface area contributed by atoms with Crippen LogP contribution in [-0.4, -0.2) is 37.8 Å². The van der Waals surface area contributed by atoms with Crippen LogP contribution >= 0.6 is 23.1 Å². The highest BCUT2D eigenvalue weighted by molar-refractivity contribution is 7.98. The number of aliphatic carboxylic acids is 1. The maximum Gasteiger partial charge on any atom is 0.306 e. The number of aliphatic imine (C=N–C) groups is 1. The highest BCUT2D eigenvalue weighted by atomic mass is 32.2. The number of thiophene rings is 1. The van der Waals surface area contributed by atoms with Gasteiger partial charge in [-0.1, -0.05) is 36.4 Å². The molecule has 4 aromatic rings. The van der Waals surface area contributed by atoms with Gasteiger partial charge in [-0.15, -0.1) is 33.3 Å². The number of thioether (sulfide) groups is 1. The molecule has 1 N–H and O–H groups in total. The van der Waals surface area contributed by atoms with Gasteiger partial charge in [0.2, 0.25) is 0 Å². The van der Waals surface area contributed by atoms with Crippen molar-refractivity contribution in [2.24, 2.45) is 4.99 Å². The normalized spacial score (nSPS) is 14.8. The molecule has 0 aliphatic carbocycles. The predicted molar refractivity (Wildman–Crippen MR) is 138 cm³/mol. The smallest absolute Gasteiger partial charge is 0.306 e. The minimum absolute atomic E-state index is 0.144. The molecule has 172 valence electrons. The Labute approximate surface area is 206 Å². The number of carbonyl (C=O) groups is 1. The van der Waals surface area contributed by atoms with Crippen molar-refractivity contribution in [3.8, 4) is 16.1 Å². The van der Waals surface area contributed by atoms with Gasteiger partial charge >= 0.3 is 5.97 Å². The maximum atomic E-state index is 11.7. The third-order valence-electron chi connectivity index (χ3n) is 6.19. The average Bonchev–Trinajstić information content (AvgIpc) is 3.31. The Morgan fingerprint density at radius 2 is 1.62 bits per heavy atom.